The average Bonchev–Trinajstić information content (AvgIpc) is 2.82. The fourth-order valence-electron chi connectivity index (χ4n) is 2.56. The Balaban J connectivity index is 2.15. The van der Waals surface area contributed by atoms with Gasteiger partial charge in [0, 0.05) is 19.1 Å². The maximum absolute atomic E-state index is 4.72. The topological polar surface area (TPSA) is 33.1 Å². The standard InChI is InChI=1S/C16H26N4/c1-5-19(6-2)12-11-17-16-18-14-9-7-8-10-15(14)20(16)13(3)4/h7-10,13H,5-6,11-12H2,1-4H3,(H,17,18). The predicted octanol–water partition coefficient (Wildman–Crippen LogP) is 3.37. The van der Waals surface area contributed by atoms with Crippen molar-refractivity contribution in [3.63, 3.8) is 0 Å². The molecule has 4 heteroatoms. The van der Waals surface area contributed by atoms with Crippen LogP contribution in [0.3, 0.4) is 0 Å². The molecule has 0 unspecified atom stereocenters. The fourth-order valence-corrected chi connectivity index (χ4v) is 2.56. The lowest BCUT2D eigenvalue weighted by Gasteiger charge is -2.19. The predicted molar refractivity (Wildman–Crippen MR) is 86.4 cm³/mol. The van der Waals surface area contributed by atoms with Crippen molar-refractivity contribution in [2.24, 2.45) is 0 Å². The van der Waals surface area contributed by atoms with Gasteiger partial charge in [0.25, 0.3) is 0 Å². The summed E-state index contributed by atoms with van der Waals surface area (Å²) in [5.41, 5.74) is 2.26. The third-order valence-corrected chi connectivity index (χ3v) is 3.72. The zero-order chi connectivity index (χ0) is 14.5. The van der Waals surface area contributed by atoms with E-state index in [1.54, 1.807) is 0 Å². The number of aromatic nitrogens is 2. The minimum Gasteiger partial charge on any atom is -0.354 e. The molecule has 0 amide bonds. The smallest absolute Gasteiger partial charge is 0.204 e. The normalized spacial score (nSPS) is 11.7. The third kappa shape index (κ3) is 3.12. The van der Waals surface area contributed by atoms with Gasteiger partial charge >= 0.3 is 0 Å². The number of fused-ring (bicyclic) bond motifs is 1. The number of benzene rings is 1. The van der Waals surface area contributed by atoms with Gasteiger partial charge in [-0.3, -0.25) is 0 Å². The molecular formula is C16H26N4. The van der Waals surface area contributed by atoms with E-state index in [0.29, 0.717) is 6.04 Å². The molecule has 0 bridgehead atoms. The Morgan fingerprint density at radius 1 is 1.20 bits per heavy atom. The number of likely N-dealkylation sites (N-methyl/N-ethyl adjacent to an activating group) is 1. The molecule has 2 aromatic rings. The maximum Gasteiger partial charge on any atom is 0.204 e. The summed E-state index contributed by atoms with van der Waals surface area (Å²) >= 11 is 0. The third-order valence-electron chi connectivity index (χ3n) is 3.72. The zero-order valence-corrected chi connectivity index (χ0v) is 13.1. The van der Waals surface area contributed by atoms with Crippen LogP contribution < -0.4 is 5.32 Å². The first-order chi connectivity index (χ1) is 9.67. The van der Waals surface area contributed by atoms with Gasteiger partial charge in [0.1, 0.15) is 0 Å². The van der Waals surface area contributed by atoms with Crippen LogP contribution in [0.25, 0.3) is 11.0 Å². The largest absolute Gasteiger partial charge is 0.354 e. The van der Waals surface area contributed by atoms with Crippen LogP contribution in [0.5, 0.6) is 0 Å². The van der Waals surface area contributed by atoms with E-state index >= 15 is 0 Å². The van der Waals surface area contributed by atoms with Gasteiger partial charge in [-0.15, -0.1) is 0 Å². The van der Waals surface area contributed by atoms with E-state index in [1.165, 1.54) is 5.52 Å². The van der Waals surface area contributed by atoms with Gasteiger partial charge in [-0.2, -0.15) is 0 Å². The SMILES string of the molecule is CCN(CC)CCNc1nc2ccccc2n1C(C)C. The number of rotatable bonds is 7. The summed E-state index contributed by atoms with van der Waals surface area (Å²) < 4.78 is 2.28. The van der Waals surface area contributed by atoms with Crippen molar-refractivity contribution < 1.29 is 0 Å². The summed E-state index contributed by atoms with van der Waals surface area (Å²) in [5.74, 6) is 0.980. The first-order valence-corrected chi connectivity index (χ1v) is 7.60. The quantitative estimate of drug-likeness (QED) is 0.840. The van der Waals surface area contributed by atoms with E-state index < -0.39 is 0 Å². The number of imidazole rings is 1. The van der Waals surface area contributed by atoms with Gasteiger partial charge < -0.3 is 14.8 Å². The Bertz CT molecular complexity index is 540. The van der Waals surface area contributed by atoms with E-state index in [4.69, 9.17) is 4.98 Å². The molecule has 0 spiro atoms. The molecule has 0 aliphatic rings. The molecule has 0 radical (unpaired) electrons. The van der Waals surface area contributed by atoms with Crippen molar-refractivity contribution in [3.8, 4) is 0 Å². The number of nitrogens with zero attached hydrogens (tertiary/aromatic N) is 3. The number of hydrogen-bond acceptors (Lipinski definition) is 3. The number of hydrogen-bond donors (Lipinski definition) is 1. The molecule has 110 valence electrons. The van der Waals surface area contributed by atoms with Crippen LogP contribution >= 0.6 is 0 Å². The summed E-state index contributed by atoms with van der Waals surface area (Å²) in [6.07, 6.45) is 0. The van der Waals surface area contributed by atoms with E-state index in [-0.39, 0.29) is 0 Å². The number of anilines is 1. The maximum atomic E-state index is 4.72. The Hall–Kier alpha value is -1.55. The molecule has 1 heterocycles. The highest BCUT2D eigenvalue weighted by Gasteiger charge is 2.12. The van der Waals surface area contributed by atoms with Crippen LogP contribution in [0.1, 0.15) is 33.7 Å². The van der Waals surface area contributed by atoms with Crippen molar-refractivity contribution >= 4 is 17.0 Å². The highest BCUT2D eigenvalue weighted by Crippen LogP contribution is 2.23. The highest BCUT2D eigenvalue weighted by atomic mass is 15.2. The van der Waals surface area contributed by atoms with Crippen LogP contribution in [-0.2, 0) is 0 Å². The first kappa shape index (κ1) is 14.9. The molecule has 0 fully saturated rings. The molecule has 0 atom stereocenters. The number of para-hydroxylation sites is 2. The molecule has 2 rings (SSSR count). The molecule has 0 saturated heterocycles. The monoisotopic (exact) mass is 274 g/mol. The van der Waals surface area contributed by atoms with Crippen LogP contribution in [0.2, 0.25) is 0 Å². The highest BCUT2D eigenvalue weighted by molar-refractivity contribution is 5.78. The fraction of sp³-hybridized carbons (Fsp3) is 0.562. The van der Waals surface area contributed by atoms with Crippen molar-refractivity contribution in [1.82, 2.24) is 14.5 Å². The minimum absolute atomic E-state index is 0.401. The zero-order valence-electron chi connectivity index (χ0n) is 13.1. The summed E-state index contributed by atoms with van der Waals surface area (Å²) in [6.45, 7) is 13.0. The lowest BCUT2D eigenvalue weighted by atomic mass is 10.3. The molecule has 4 nitrogen and oxygen atoms in total. The molecule has 20 heavy (non-hydrogen) atoms. The molecule has 0 saturated carbocycles. The molecule has 1 aromatic carbocycles. The van der Waals surface area contributed by atoms with Crippen LogP contribution in [0.4, 0.5) is 5.95 Å². The van der Waals surface area contributed by atoms with Gasteiger partial charge in [0.2, 0.25) is 5.95 Å². The van der Waals surface area contributed by atoms with E-state index in [2.05, 4.69) is 60.7 Å². The van der Waals surface area contributed by atoms with Gasteiger partial charge in [0.05, 0.1) is 11.0 Å². The lowest BCUT2D eigenvalue weighted by Crippen LogP contribution is -2.29. The van der Waals surface area contributed by atoms with Crippen molar-refractivity contribution in [2.75, 3.05) is 31.5 Å². The van der Waals surface area contributed by atoms with Crippen LogP contribution in [-0.4, -0.2) is 40.6 Å². The van der Waals surface area contributed by atoms with E-state index in [9.17, 15) is 0 Å². The minimum atomic E-state index is 0.401. The van der Waals surface area contributed by atoms with Crippen molar-refractivity contribution in [1.29, 1.82) is 0 Å². The van der Waals surface area contributed by atoms with E-state index in [0.717, 1.165) is 37.6 Å². The average molecular weight is 274 g/mol. The lowest BCUT2D eigenvalue weighted by molar-refractivity contribution is 0.315. The molecular weight excluding hydrogens is 248 g/mol. The first-order valence-electron chi connectivity index (χ1n) is 7.60. The summed E-state index contributed by atoms with van der Waals surface area (Å²) in [4.78, 5) is 7.13. The summed E-state index contributed by atoms with van der Waals surface area (Å²) in [6, 6.07) is 8.72. The Kier molecular flexibility index (Phi) is 5.01. The second-order valence-corrected chi connectivity index (χ2v) is 5.34. The summed E-state index contributed by atoms with van der Waals surface area (Å²) in [7, 11) is 0. The van der Waals surface area contributed by atoms with Crippen LogP contribution in [0.15, 0.2) is 24.3 Å². The van der Waals surface area contributed by atoms with Gasteiger partial charge in [-0.05, 0) is 39.1 Å². The second-order valence-electron chi connectivity index (χ2n) is 5.34. The van der Waals surface area contributed by atoms with Gasteiger partial charge in [-0.1, -0.05) is 26.0 Å². The van der Waals surface area contributed by atoms with E-state index in [1.807, 2.05) is 6.07 Å². The molecule has 1 N–H and O–H groups in total. The van der Waals surface area contributed by atoms with Crippen molar-refractivity contribution in [2.45, 2.75) is 33.7 Å². The molecule has 0 aliphatic heterocycles. The van der Waals surface area contributed by atoms with Crippen LogP contribution in [0, 0.1) is 0 Å². The van der Waals surface area contributed by atoms with Gasteiger partial charge in [0.15, 0.2) is 0 Å². The summed E-state index contributed by atoms with van der Waals surface area (Å²) in [5, 5.41) is 3.49. The van der Waals surface area contributed by atoms with Crippen molar-refractivity contribution in [3.05, 3.63) is 24.3 Å². The second kappa shape index (κ2) is 6.75. The molecule has 1 aromatic heterocycles. The van der Waals surface area contributed by atoms with Gasteiger partial charge in [-0.25, -0.2) is 4.98 Å². The Labute approximate surface area is 121 Å². The molecule has 0 aliphatic carbocycles. The Morgan fingerprint density at radius 2 is 1.90 bits per heavy atom. The number of nitrogens with one attached hydrogen (secondary N) is 1. The Morgan fingerprint density at radius 3 is 2.55 bits per heavy atom.